The van der Waals surface area contributed by atoms with Gasteiger partial charge >= 0.3 is 0 Å². The number of nitrogens with zero attached hydrogens (tertiary/aromatic N) is 1. The van der Waals surface area contributed by atoms with E-state index >= 15 is 0 Å². The van der Waals surface area contributed by atoms with Crippen molar-refractivity contribution in [3.05, 3.63) is 17.0 Å². The zero-order valence-corrected chi connectivity index (χ0v) is 12.3. The Morgan fingerprint density at radius 1 is 1.63 bits per heavy atom. The number of nitrogens with one attached hydrogen (secondary N) is 1. The minimum absolute atomic E-state index is 0.0975. The number of carbonyl (C=O) groups is 1. The molecule has 106 valence electrons. The van der Waals surface area contributed by atoms with Crippen LogP contribution in [0.3, 0.4) is 0 Å². The topological polar surface area (TPSA) is 75.4 Å². The Morgan fingerprint density at radius 2 is 2.37 bits per heavy atom. The van der Waals surface area contributed by atoms with E-state index in [9.17, 15) is 9.90 Å². The maximum absolute atomic E-state index is 12.1. The molecule has 6 heteroatoms. The van der Waals surface area contributed by atoms with Gasteiger partial charge in [-0.15, -0.1) is 0 Å². The first-order valence-corrected chi connectivity index (χ1v) is 7.59. The Hall–Kier alpha value is -1.01. The first-order chi connectivity index (χ1) is 8.93. The molecule has 2 heterocycles. The van der Waals surface area contributed by atoms with E-state index in [1.54, 1.807) is 18.7 Å². The lowest BCUT2D eigenvalue weighted by Gasteiger charge is -2.22. The number of thioether (sulfide) groups is 1. The summed E-state index contributed by atoms with van der Waals surface area (Å²) < 4.78 is 5.08. The van der Waals surface area contributed by atoms with Gasteiger partial charge in [0.25, 0.3) is 0 Å². The van der Waals surface area contributed by atoms with Crippen molar-refractivity contribution in [2.24, 2.45) is 0 Å². The second-order valence-corrected chi connectivity index (χ2v) is 6.31. The molecule has 1 saturated heterocycles. The van der Waals surface area contributed by atoms with E-state index in [2.05, 4.69) is 10.5 Å². The highest BCUT2D eigenvalue weighted by Gasteiger charge is 2.33. The summed E-state index contributed by atoms with van der Waals surface area (Å²) in [6, 6.07) is 0. The Balaban J connectivity index is 1.96. The molecule has 2 rings (SSSR count). The minimum Gasteiger partial charge on any atom is -0.387 e. The van der Waals surface area contributed by atoms with Gasteiger partial charge in [0, 0.05) is 17.9 Å². The van der Waals surface area contributed by atoms with Crippen molar-refractivity contribution in [1.82, 2.24) is 10.5 Å². The van der Waals surface area contributed by atoms with Crippen LogP contribution in [-0.4, -0.2) is 39.8 Å². The average molecular weight is 284 g/mol. The Morgan fingerprint density at radius 3 is 2.89 bits per heavy atom. The number of aromatic nitrogens is 1. The second-order valence-electron chi connectivity index (χ2n) is 5.20. The molecular weight excluding hydrogens is 264 g/mol. The third-order valence-electron chi connectivity index (χ3n) is 3.59. The Bertz CT molecular complexity index is 447. The van der Waals surface area contributed by atoms with Crippen LogP contribution in [0.2, 0.25) is 0 Å². The molecule has 0 saturated carbocycles. The third kappa shape index (κ3) is 3.12. The van der Waals surface area contributed by atoms with Gasteiger partial charge in [0.15, 0.2) is 0 Å². The number of hydrogen-bond acceptors (Lipinski definition) is 5. The van der Waals surface area contributed by atoms with Crippen LogP contribution in [0.15, 0.2) is 4.52 Å². The summed E-state index contributed by atoms with van der Waals surface area (Å²) in [4.78, 5) is 12.1. The first-order valence-electron chi connectivity index (χ1n) is 6.43. The van der Waals surface area contributed by atoms with Crippen molar-refractivity contribution < 1.29 is 14.4 Å². The van der Waals surface area contributed by atoms with Gasteiger partial charge in [-0.1, -0.05) is 5.16 Å². The summed E-state index contributed by atoms with van der Waals surface area (Å²) in [6.07, 6.45) is 0.734. The van der Waals surface area contributed by atoms with E-state index in [-0.39, 0.29) is 11.8 Å². The van der Waals surface area contributed by atoms with E-state index in [4.69, 9.17) is 4.52 Å². The van der Waals surface area contributed by atoms with Gasteiger partial charge in [0.1, 0.15) is 5.76 Å². The predicted molar refractivity (Wildman–Crippen MR) is 74.3 cm³/mol. The van der Waals surface area contributed by atoms with Crippen molar-refractivity contribution in [2.75, 3.05) is 18.1 Å². The second kappa shape index (κ2) is 5.54. The molecule has 1 fully saturated rings. The molecule has 1 aromatic rings. The standard InChI is InChI=1S/C13H20N2O3S/c1-8(11-9(2)15-18-10(11)3)12(16)14-6-13(17)4-5-19-7-13/h8,17H,4-7H2,1-3H3,(H,14,16). The molecule has 0 aliphatic carbocycles. The van der Waals surface area contributed by atoms with Crippen LogP contribution in [0.25, 0.3) is 0 Å². The Kier molecular flexibility index (Phi) is 4.20. The molecule has 5 nitrogen and oxygen atoms in total. The summed E-state index contributed by atoms with van der Waals surface area (Å²) in [6.45, 7) is 5.78. The van der Waals surface area contributed by atoms with Gasteiger partial charge in [-0.05, 0) is 32.9 Å². The molecule has 0 bridgehead atoms. The van der Waals surface area contributed by atoms with Crippen molar-refractivity contribution in [2.45, 2.75) is 38.7 Å². The molecule has 1 aliphatic heterocycles. The van der Waals surface area contributed by atoms with Crippen LogP contribution >= 0.6 is 11.8 Å². The van der Waals surface area contributed by atoms with Crippen molar-refractivity contribution in [3.8, 4) is 0 Å². The van der Waals surface area contributed by atoms with E-state index in [0.29, 0.717) is 18.1 Å². The molecule has 2 unspecified atom stereocenters. The number of rotatable bonds is 4. The quantitative estimate of drug-likeness (QED) is 0.873. The minimum atomic E-state index is -0.751. The summed E-state index contributed by atoms with van der Waals surface area (Å²) in [5.74, 6) is 1.90. The number of carbonyl (C=O) groups excluding carboxylic acids is 1. The van der Waals surface area contributed by atoms with Gasteiger partial charge in [-0.2, -0.15) is 11.8 Å². The number of hydrogen-bond donors (Lipinski definition) is 2. The van der Waals surface area contributed by atoms with Gasteiger partial charge < -0.3 is 14.9 Å². The summed E-state index contributed by atoms with van der Waals surface area (Å²) in [5, 5.41) is 16.9. The van der Waals surface area contributed by atoms with Gasteiger partial charge in [0.2, 0.25) is 5.91 Å². The van der Waals surface area contributed by atoms with E-state index in [1.165, 1.54) is 0 Å². The van der Waals surface area contributed by atoms with E-state index in [1.807, 2.05) is 13.8 Å². The van der Waals surface area contributed by atoms with E-state index < -0.39 is 5.60 Å². The van der Waals surface area contributed by atoms with Crippen LogP contribution in [0, 0.1) is 13.8 Å². The molecule has 19 heavy (non-hydrogen) atoms. The monoisotopic (exact) mass is 284 g/mol. The van der Waals surface area contributed by atoms with E-state index in [0.717, 1.165) is 23.4 Å². The zero-order chi connectivity index (χ0) is 14.0. The average Bonchev–Trinajstić information content (AvgIpc) is 2.93. The lowest BCUT2D eigenvalue weighted by molar-refractivity contribution is -0.123. The maximum atomic E-state index is 12.1. The van der Waals surface area contributed by atoms with Crippen LogP contribution in [0.4, 0.5) is 0 Å². The molecule has 1 aliphatic rings. The molecular formula is C13H20N2O3S. The molecule has 0 aromatic carbocycles. The van der Waals surface area contributed by atoms with Crippen LogP contribution in [-0.2, 0) is 4.79 Å². The third-order valence-corrected chi connectivity index (χ3v) is 4.82. The summed E-state index contributed by atoms with van der Waals surface area (Å²) in [7, 11) is 0. The van der Waals surface area contributed by atoms with Gasteiger partial charge in [0.05, 0.1) is 17.2 Å². The summed E-state index contributed by atoms with van der Waals surface area (Å²) in [5.41, 5.74) is 0.833. The Labute approximate surface area is 117 Å². The molecule has 2 atom stereocenters. The fourth-order valence-electron chi connectivity index (χ4n) is 2.38. The first kappa shape index (κ1) is 14.4. The molecule has 1 amide bonds. The van der Waals surface area contributed by atoms with Crippen LogP contribution in [0.1, 0.15) is 36.3 Å². The van der Waals surface area contributed by atoms with Crippen molar-refractivity contribution >= 4 is 17.7 Å². The number of aliphatic hydroxyl groups is 1. The highest BCUT2D eigenvalue weighted by molar-refractivity contribution is 7.99. The lowest BCUT2D eigenvalue weighted by atomic mass is 9.97. The summed E-state index contributed by atoms with van der Waals surface area (Å²) >= 11 is 1.72. The van der Waals surface area contributed by atoms with Crippen molar-refractivity contribution in [1.29, 1.82) is 0 Å². The zero-order valence-electron chi connectivity index (χ0n) is 11.5. The smallest absolute Gasteiger partial charge is 0.227 e. The molecule has 1 aromatic heterocycles. The van der Waals surface area contributed by atoms with Gasteiger partial charge in [-0.3, -0.25) is 4.79 Å². The normalized spacial score (nSPS) is 24.4. The molecule has 0 radical (unpaired) electrons. The fourth-order valence-corrected chi connectivity index (χ4v) is 3.67. The number of amides is 1. The van der Waals surface area contributed by atoms with Gasteiger partial charge in [-0.25, -0.2) is 0 Å². The molecule has 2 N–H and O–H groups in total. The predicted octanol–water partition coefficient (Wildman–Crippen LogP) is 1.38. The highest BCUT2D eigenvalue weighted by atomic mass is 32.2. The lowest BCUT2D eigenvalue weighted by Crippen LogP contribution is -2.44. The highest BCUT2D eigenvalue weighted by Crippen LogP contribution is 2.28. The maximum Gasteiger partial charge on any atom is 0.227 e. The number of aryl methyl sites for hydroxylation is 2. The fraction of sp³-hybridized carbons (Fsp3) is 0.692. The SMILES string of the molecule is Cc1noc(C)c1C(C)C(=O)NCC1(O)CCSC1. The largest absolute Gasteiger partial charge is 0.387 e. The van der Waals surface area contributed by atoms with Crippen LogP contribution in [0.5, 0.6) is 0 Å². The van der Waals surface area contributed by atoms with Crippen LogP contribution < -0.4 is 5.32 Å². The van der Waals surface area contributed by atoms with Crippen molar-refractivity contribution in [3.63, 3.8) is 0 Å². The molecule has 0 spiro atoms.